The Balaban J connectivity index is 2.19. The van der Waals surface area contributed by atoms with Crippen molar-refractivity contribution in [1.82, 2.24) is 4.90 Å². The molecule has 23 heavy (non-hydrogen) atoms. The van der Waals surface area contributed by atoms with E-state index >= 15 is 0 Å². The highest BCUT2D eigenvalue weighted by Crippen LogP contribution is 2.23. The van der Waals surface area contributed by atoms with Crippen molar-refractivity contribution in [3.05, 3.63) is 35.4 Å². The lowest BCUT2D eigenvalue weighted by atomic mass is 9.93. The number of carboxylic acid groups (broad SMARTS) is 1. The molecule has 1 amide bonds. The van der Waals surface area contributed by atoms with Gasteiger partial charge in [0, 0.05) is 12.6 Å². The van der Waals surface area contributed by atoms with Crippen molar-refractivity contribution in [2.75, 3.05) is 6.54 Å². The van der Waals surface area contributed by atoms with Gasteiger partial charge in [0.2, 0.25) is 0 Å². The van der Waals surface area contributed by atoms with Crippen LogP contribution in [0.2, 0.25) is 0 Å². The fraction of sp³-hybridized carbons (Fsp3) is 0.556. The molecule has 1 unspecified atom stereocenters. The third kappa shape index (κ3) is 4.71. The van der Waals surface area contributed by atoms with Crippen molar-refractivity contribution < 1.29 is 19.4 Å². The minimum atomic E-state index is -0.885. The van der Waals surface area contributed by atoms with Crippen molar-refractivity contribution in [3.63, 3.8) is 0 Å². The van der Waals surface area contributed by atoms with Crippen LogP contribution in [0, 0.1) is 0 Å². The Morgan fingerprint density at radius 1 is 1.26 bits per heavy atom. The SMILES string of the molecule is CC(C)(C)OC(=O)c1ccccc1CC1CCCCN1C(=O)O. The van der Waals surface area contributed by atoms with Crippen molar-refractivity contribution in [2.24, 2.45) is 0 Å². The molecule has 0 aliphatic carbocycles. The van der Waals surface area contributed by atoms with Gasteiger partial charge < -0.3 is 14.7 Å². The molecule has 0 spiro atoms. The number of nitrogens with zero attached hydrogens (tertiary/aromatic N) is 1. The van der Waals surface area contributed by atoms with Gasteiger partial charge in [0.15, 0.2) is 0 Å². The Morgan fingerprint density at radius 3 is 2.61 bits per heavy atom. The summed E-state index contributed by atoms with van der Waals surface area (Å²) in [5.74, 6) is -0.356. The number of ether oxygens (including phenoxy) is 1. The zero-order chi connectivity index (χ0) is 17.0. The molecule has 1 N–H and O–H groups in total. The average Bonchev–Trinajstić information content (AvgIpc) is 2.46. The van der Waals surface area contributed by atoms with Crippen molar-refractivity contribution >= 4 is 12.1 Å². The number of esters is 1. The summed E-state index contributed by atoms with van der Waals surface area (Å²) in [5, 5.41) is 9.35. The molecular formula is C18H25NO4. The number of carbonyl (C=O) groups is 2. The third-order valence-electron chi connectivity index (χ3n) is 3.96. The van der Waals surface area contributed by atoms with Gasteiger partial charge in [-0.1, -0.05) is 18.2 Å². The second kappa shape index (κ2) is 7.02. The summed E-state index contributed by atoms with van der Waals surface area (Å²) in [4.78, 5) is 25.3. The van der Waals surface area contributed by atoms with Crippen molar-refractivity contribution in [1.29, 1.82) is 0 Å². The van der Waals surface area contributed by atoms with Crippen LogP contribution in [0.4, 0.5) is 4.79 Å². The Morgan fingerprint density at radius 2 is 1.96 bits per heavy atom. The van der Waals surface area contributed by atoms with E-state index in [1.807, 2.05) is 32.9 Å². The van der Waals surface area contributed by atoms with Gasteiger partial charge >= 0.3 is 12.1 Å². The summed E-state index contributed by atoms with van der Waals surface area (Å²) in [5.41, 5.74) is 0.820. The predicted molar refractivity (Wildman–Crippen MR) is 87.7 cm³/mol. The minimum absolute atomic E-state index is 0.0789. The van der Waals surface area contributed by atoms with Gasteiger partial charge in [0.1, 0.15) is 5.60 Å². The van der Waals surface area contributed by atoms with Gasteiger partial charge in [-0.15, -0.1) is 0 Å². The van der Waals surface area contributed by atoms with Crippen LogP contribution in [0.1, 0.15) is 56.0 Å². The van der Waals surface area contributed by atoms with E-state index < -0.39 is 11.7 Å². The maximum absolute atomic E-state index is 12.4. The summed E-state index contributed by atoms with van der Waals surface area (Å²) in [6.45, 7) is 6.07. The Kier molecular flexibility index (Phi) is 5.29. The quantitative estimate of drug-likeness (QED) is 0.862. The molecule has 1 aliphatic rings. The first kappa shape index (κ1) is 17.3. The molecule has 5 heteroatoms. The van der Waals surface area contributed by atoms with Crippen LogP contribution >= 0.6 is 0 Å². The fourth-order valence-electron chi connectivity index (χ4n) is 2.95. The summed E-state index contributed by atoms with van der Waals surface area (Å²) < 4.78 is 5.46. The number of benzene rings is 1. The molecule has 126 valence electrons. The highest BCUT2D eigenvalue weighted by atomic mass is 16.6. The van der Waals surface area contributed by atoms with Gasteiger partial charge in [0.25, 0.3) is 0 Å². The second-order valence-corrected chi connectivity index (χ2v) is 6.99. The van der Waals surface area contributed by atoms with E-state index in [2.05, 4.69) is 0 Å². The van der Waals surface area contributed by atoms with Crippen molar-refractivity contribution in [3.8, 4) is 0 Å². The highest BCUT2D eigenvalue weighted by Gasteiger charge is 2.28. The summed E-state index contributed by atoms with van der Waals surface area (Å²) in [6.07, 6.45) is 2.40. The van der Waals surface area contributed by atoms with Crippen molar-refractivity contribution in [2.45, 2.75) is 58.1 Å². The molecule has 0 aromatic heterocycles. The number of amides is 1. The maximum atomic E-state index is 12.4. The molecule has 0 radical (unpaired) electrons. The van der Waals surface area contributed by atoms with E-state index in [4.69, 9.17) is 4.74 Å². The Labute approximate surface area is 137 Å². The molecule has 1 atom stereocenters. The lowest BCUT2D eigenvalue weighted by Gasteiger charge is -2.34. The smallest absolute Gasteiger partial charge is 0.407 e. The van der Waals surface area contributed by atoms with Gasteiger partial charge in [-0.2, -0.15) is 0 Å². The van der Waals surface area contributed by atoms with E-state index in [1.54, 1.807) is 12.1 Å². The molecule has 0 saturated carbocycles. The second-order valence-electron chi connectivity index (χ2n) is 6.99. The van der Waals surface area contributed by atoms with E-state index in [0.717, 1.165) is 24.8 Å². The van der Waals surface area contributed by atoms with Crippen LogP contribution in [0.15, 0.2) is 24.3 Å². The predicted octanol–water partition coefficient (Wildman–Crippen LogP) is 3.72. The molecule has 0 bridgehead atoms. The number of rotatable bonds is 3. The summed E-state index contributed by atoms with van der Waals surface area (Å²) in [7, 11) is 0. The molecule has 1 saturated heterocycles. The first-order valence-electron chi connectivity index (χ1n) is 8.09. The van der Waals surface area contributed by atoms with Gasteiger partial charge in [0.05, 0.1) is 5.56 Å². The van der Waals surface area contributed by atoms with Crippen LogP contribution < -0.4 is 0 Å². The van der Waals surface area contributed by atoms with Gasteiger partial charge in [-0.3, -0.25) is 0 Å². The lowest BCUT2D eigenvalue weighted by molar-refractivity contribution is 0.00680. The molecular weight excluding hydrogens is 294 g/mol. The van der Waals surface area contributed by atoms with E-state index in [0.29, 0.717) is 18.5 Å². The average molecular weight is 319 g/mol. The Hall–Kier alpha value is -2.04. The van der Waals surface area contributed by atoms with Gasteiger partial charge in [-0.25, -0.2) is 9.59 Å². The number of carbonyl (C=O) groups excluding carboxylic acids is 1. The van der Waals surface area contributed by atoms with Gasteiger partial charge in [-0.05, 0) is 58.1 Å². The van der Waals surface area contributed by atoms with Crippen LogP contribution in [0.25, 0.3) is 0 Å². The Bertz CT molecular complexity index is 577. The fourth-order valence-corrected chi connectivity index (χ4v) is 2.95. The molecule has 1 heterocycles. The zero-order valence-electron chi connectivity index (χ0n) is 14.0. The molecule has 1 aromatic carbocycles. The third-order valence-corrected chi connectivity index (χ3v) is 3.96. The first-order chi connectivity index (χ1) is 10.8. The summed E-state index contributed by atoms with van der Waals surface area (Å²) >= 11 is 0. The number of hydrogen-bond donors (Lipinski definition) is 1. The molecule has 1 aromatic rings. The summed E-state index contributed by atoms with van der Waals surface area (Å²) in [6, 6.07) is 7.23. The van der Waals surface area contributed by atoms with E-state index in [1.165, 1.54) is 4.90 Å². The number of likely N-dealkylation sites (tertiary alicyclic amines) is 1. The normalized spacial score (nSPS) is 18.6. The molecule has 1 aliphatic heterocycles. The van der Waals surface area contributed by atoms with Crippen LogP contribution in [0.5, 0.6) is 0 Å². The molecule has 2 rings (SSSR count). The van der Waals surface area contributed by atoms with E-state index in [9.17, 15) is 14.7 Å². The monoisotopic (exact) mass is 319 g/mol. The number of piperidine rings is 1. The molecule has 5 nitrogen and oxygen atoms in total. The van der Waals surface area contributed by atoms with E-state index in [-0.39, 0.29) is 12.0 Å². The largest absolute Gasteiger partial charge is 0.465 e. The van der Waals surface area contributed by atoms with Crippen LogP contribution in [0.3, 0.4) is 0 Å². The topological polar surface area (TPSA) is 66.8 Å². The molecule has 1 fully saturated rings. The lowest BCUT2D eigenvalue weighted by Crippen LogP contribution is -2.44. The first-order valence-corrected chi connectivity index (χ1v) is 8.09. The highest BCUT2D eigenvalue weighted by molar-refractivity contribution is 5.91. The van der Waals surface area contributed by atoms with Crippen LogP contribution in [-0.2, 0) is 11.2 Å². The number of hydrogen-bond acceptors (Lipinski definition) is 3. The maximum Gasteiger partial charge on any atom is 0.407 e. The standard InChI is InChI=1S/C18H25NO4/c1-18(2,3)23-16(20)15-10-5-4-8-13(15)12-14-9-6-7-11-19(14)17(21)22/h4-5,8,10,14H,6-7,9,11-12H2,1-3H3,(H,21,22). The minimum Gasteiger partial charge on any atom is -0.465 e. The zero-order valence-corrected chi connectivity index (χ0v) is 14.0. The van der Waals surface area contributed by atoms with Crippen LogP contribution in [-0.4, -0.2) is 40.3 Å².